The fourth-order valence-electron chi connectivity index (χ4n) is 3.45. The van der Waals surface area contributed by atoms with Gasteiger partial charge in [-0.05, 0) is 43.9 Å². The summed E-state index contributed by atoms with van der Waals surface area (Å²) in [5.74, 6) is 1.10. The molecule has 7 heteroatoms. The number of amides is 1. The average molecular weight is 395 g/mol. The second-order valence-corrected chi connectivity index (χ2v) is 7.54. The second-order valence-electron chi connectivity index (χ2n) is 6.74. The van der Waals surface area contributed by atoms with Gasteiger partial charge in [-0.15, -0.1) is 11.8 Å². The molecule has 4 rings (SSSR count). The SMILES string of the molecule is CSc1nc(-c2ccco2)nc(C)c1C(=O)N1CC[C@H](Nc2ccccc2)C1. The Morgan fingerprint density at radius 1 is 1.21 bits per heavy atom. The molecule has 28 heavy (non-hydrogen) atoms. The number of aromatic nitrogens is 2. The minimum atomic E-state index is -0.00907. The van der Waals surface area contributed by atoms with Crippen LogP contribution in [0.15, 0.2) is 58.2 Å². The number of carbonyl (C=O) groups is 1. The third kappa shape index (κ3) is 3.75. The van der Waals surface area contributed by atoms with Crippen LogP contribution < -0.4 is 5.32 Å². The van der Waals surface area contributed by atoms with Crippen molar-refractivity contribution in [2.24, 2.45) is 0 Å². The third-order valence-electron chi connectivity index (χ3n) is 4.83. The largest absolute Gasteiger partial charge is 0.461 e. The predicted molar refractivity (Wildman–Crippen MR) is 111 cm³/mol. The zero-order chi connectivity index (χ0) is 19.5. The summed E-state index contributed by atoms with van der Waals surface area (Å²) in [4.78, 5) is 24.2. The van der Waals surface area contributed by atoms with Crippen LogP contribution in [0.3, 0.4) is 0 Å². The Kier molecular flexibility index (Phi) is 5.34. The predicted octanol–water partition coefficient (Wildman–Crippen LogP) is 4.09. The third-order valence-corrected chi connectivity index (χ3v) is 5.51. The molecule has 0 spiro atoms. The number of anilines is 1. The van der Waals surface area contributed by atoms with E-state index in [1.165, 1.54) is 11.8 Å². The normalized spacial score (nSPS) is 16.4. The summed E-state index contributed by atoms with van der Waals surface area (Å²) < 4.78 is 5.41. The number of para-hydroxylation sites is 1. The first-order chi connectivity index (χ1) is 13.7. The molecular formula is C21H22N4O2S. The van der Waals surface area contributed by atoms with Crippen molar-refractivity contribution in [3.8, 4) is 11.6 Å². The zero-order valence-electron chi connectivity index (χ0n) is 15.9. The van der Waals surface area contributed by atoms with E-state index < -0.39 is 0 Å². The number of hydrogen-bond acceptors (Lipinski definition) is 6. The van der Waals surface area contributed by atoms with E-state index in [4.69, 9.17) is 4.42 Å². The number of likely N-dealkylation sites (tertiary alicyclic amines) is 1. The van der Waals surface area contributed by atoms with E-state index >= 15 is 0 Å². The van der Waals surface area contributed by atoms with Crippen molar-refractivity contribution in [1.82, 2.24) is 14.9 Å². The van der Waals surface area contributed by atoms with E-state index in [9.17, 15) is 4.79 Å². The van der Waals surface area contributed by atoms with E-state index in [2.05, 4.69) is 15.3 Å². The highest BCUT2D eigenvalue weighted by atomic mass is 32.2. The van der Waals surface area contributed by atoms with Crippen molar-refractivity contribution in [1.29, 1.82) is 0 Å². The highest BCUT2D eigenvalue weighted by molar-refractivity contribution is 7.98. The van der Waals surface area contributed by atoms with Crippen molar-refractivity contribution in [2.45, 2.75) is 24.4 Å². The lowest BCUT2D eigenvalue weighted by Crippen LogP contribution is -2.32. The highest BCUT2D eigenvalue weighted by Crippen LogP contribution is 2.27. The van der Waals surface area contributed by atoms with Gasteiger partial charge in [-0.3, -0.25) is 4.79 Å². The fourth-order valence-corrected chi connectivity index (χ4v) is 4.06. The summed E-state index contributed by atoms with van der Waals surface area (Å²) in [6.45, 7) is 3.24. The molecule has 6 nitrogen and oxygen atoms in total. The van der Waals surface area contributed by atoms with E-state index in [-0.39, 0.29) is 11.9 Å². The van der Waals surface area contributed by atoms with Gasteiger partial charge >= 0.3 is 0 Å². The quantitative estimate of drug-likeness (QED) is 0.519. The number of rotatable bonds is 5. The van der Waals surface area contributed by atoms with Gasteiger partial charge in [0, 0.05) is 24.8 Å². The van der Waals surface area contributed by atoms with Crippen molar-refractivity contribution in [3.05, 3.63) is 60.0 Å². The van der Waals surface area contributed by atoms with Gasteiger partial charge in [0.2, 0.25) is 0 Å². The molecule has 1 fully saturated rings. The van der Waals surface area contributed by atoms with Crippen LogP contribution in [0.2, 0.25) is 0 Å². The Morgan fingerprint density at radius 2 is 2.04 bits per heavy atom. The number of carbonyl (C=O) groups excluding carboxylic acids is 1. The molecule has 0 aliphatic carbocycles. The number of aryl methyl sites for hydroxylation is 1. The van der Waals surface area contributed by atoms with Crippen LogP contribution in [0, 0.1) is 6.92 Å². The lowest BCUT2D eigenvalue weighted by atomic mass is 10.2. The maximum Gasteiger partial charge on any atom is 0.258 e. The Labute approximate surface area is 168 Å². The first-order valence-electron chi connectivity index (χ1n) is 9.23. The minimum absolute atomic E-state index is 0.00907. The molecular weight excluding hydrogens is 372 g/mol. The zero-order valence-corrected chi connectivity index (χ0v) is 16.7. The number of thioether (sulfide) groups is 1. The van der Waals surface area contributed by atoms with E-state index in [1.54, 1.807) is 12.3 Å². The number of benzene rings is 1. The Morgan fingerprint density at radius 3 is 2.75 bits per heavy atom. The summed E-state index contributed by atoms with van der Waals surface area (Å²) in [5.41, 5.74) is 2.34. The van der Waals surface area contributed by atoms with Gasteiger partial charge < -0.3 is 14.6 Å². The van der Waals surface area contributed by atoms with Crippen LogP contribution in [0.4, 0.5) is 5.69 Å². The maximum atomic E-state index is 13.2. The Bertz CT molecular complexity index is 960. The number of hydrogen-bond donors (Lipinski definition) is 1. The monoisotopic (exact) mass is 394 g/mol. The molecule has 0 saturated carbocycles. The molecule has 1 aromatic carbocycles. The summed E-state index contributed by atoms with van der Waals surface area (Å²) in [5, 5.41) is 4.19. The van der Waals surface area contributed by atoms with Crippen molar-refractivity contribution < 1.29 is 9.21 Å². The van der Waals surface area contributed by atoms with Crippen LogP contribution in [-0.2, 0) is 0 Å². The second kappa shape index (κ2) is 8.06. The topological polar surface area (TPSA) is 71.3 Å². The van der Waals surface area contributed by atoms with Crippen LogP contribution >= 0.6 is 11.8 Å². The molecule has 2 aromatic heterocycles. The van der Waals surface area contributed by atoms with Gasteiger partial charge in [0.25, 0.3) is 5.91 Å². The first-order valence-corrected chi connectivity index (χ1v) is 10.5. The van der Waals surface area contributed by atoms with Gasteiger partial charge in [-0.1, -0.05) is 18.2 Å². The summed E-state index contributed by atoms with van der Waals surface area (Å²) in [7, 11) is 0. The molecule has 1 aliphatic heterocycles. The average Bonchev–Trinajstić information content (AvgIpc) is 3.40. The maximum absolute atomic E-state index is 13.2. The lowest BCUT2D eigenvalue weighted by Gasteiger charge is -2.20. The van der Waals surface area contributed by atoms with Crippen LogP contribution in [0.1, 0.15) is 22.5 Å². The Balaban J connectivity index is 1.53. The van der Waals surface area contributed by atoms with Crippen molar-refractivity contribution in [3.63, 3.8) is 0 Å². The van der Waals surface area contributed by atoms with Crippen LogP contribution in [0.25, 0.3) is 11.6 Å². The molecule has 1 saturated heterocycles. The van der Waals surface area contributed by atoms with Crippen molar-refractivity contribution in [2.75, 3.05) is 24.7 Å². The van der Waals surface area contributed by atoms with E-state index in [1.807, 2.05) is 54.5 Å². The van der Waals surface area contributed by atoms with Gasteiger partial charge in [0.05, 0.1) is 17.5 Å². The first kappa shape index (κ1) is 18.6. The molecule has 0 bridgehead atoms. The molecule has 1 amide bonds. The summed E-state index contributed by atoms with van der Waals surface area (Å²) in [6.07, 6.45) is 4.43. The van der Waals surface area contributed by atoms with Gasteiger partial charge in [-0.2, -0.15) is 0 Å². The number of nitrogens with one attached hydrogen (secondary N) is 1. The standard InChI is InChI=1S/C21H22N4O2S/c1-14-18(20(28-2)24-19(22-14)17-9-6-12-27-17)21(26)25-11-10-16(13-25)23-15-7-4-3-5-8-15/h3-9,12,16,23H,10-11,13H2,1-2H3/t16-/m0/s1. The van der Waals surface area contributed by atoms with E-state index in [0.29, 0.717) is 34.4 Å². The molecule has 0 radical (unpaired) electrons. The van der Waals surface area contributed by atoms with Crippen molar-refractivity contribution >= 4 is 23.4 Å². The molecule has 3 heterocycles. The summed E-state index contributed by atoms with van der Waals surface area (Å²) >= 11 is 1.46. The highest BCUT2D eigenvalue weighted by Gasteiger charge is 2.30. The van der Waals surface area contributed by atoms with Crippen LogP contribution in [0.5, 0.6) is 0 Å². The molecule has 0 unspecified atom stereocenters. The van der Waals surface area contributed by atoms with Gasteiger partial charge in [0.15, 0.2) is 11.6 Å². The van der Waals surface area contributed by atoms with Gasteiger partial charge in [0.1, 0.15) is 5.03 Å². The number of nitrogens with zero attached hydrogens (tertiary/aromatic N) is 3. The smallest absolute Gasteiger partial charge is 0.258 e. The lowest BCUT2D eigenvalue weighted by molar-refractivity contribution is 0.0786. The summed E-state index contributed by atoms with van der Waals surface area (Å²) in [6, 6.07) is 14.0. The number of furan rings is 1. The van der Waals surface area contributed by atoms with Crippen LogP contribution in [-0.4, -0.2) is 46.2 Å². The molecule has 144 valence electrons. The molecule has 1 N–H and O–H groups in total. The minimum Gasteiger partial charge on any atom is -0.461 e. The molecule has 1 aliphatic rings. The Hall–Kier alpha value is -2.80. The fraction of sp³-hybridized carbons (Fsp3) is 0.286. The molecule has 1 atom stereocenters. The molecule has 3 aromatic rings. The van der Waals surface area contributed by atoms with Gasteiger partial charge in [-0.25, -0.2) is 9.97 Å². The van der Waals surface area contributed by atoms with E-state index in [0.717, 1.165) is 18.7 Å².